The lowest BCUT2D eigenvalue weighted by Gasteiger charge is -2.07. The molecule has 18 heavy (non-hydrogen) atoms. The van der Waals surface area contributed by atoms with Gasteiger partial charge in [0.15, 0.2) is 0 Å². The van der Waals surface area contributed by atoms with E-state index in [4.69, 9.17) is 0 Å². The summed E-state index contributed by atoms with van der Waals surface area (Å²) < 4.78 is 1.77. The van der Waals surface area contributed by atoms with Gasteiger partial charge in [-0.15, -0.1) is 6.58 Å². The molecule has 0 saturated carbocycles. The Hall–Kier alpha value is -1.81. The van der Waals surface area contributed by atoms with Crippen LogP contribution in [-0.4, -0.2) is 11.1 Å². The van der Waals surface area contributed by atoms with Crippen LogP contribution >= 0.6 is 11.3 Å². The van der Waals surface area contributed by atoms with E-state index in [2.05, 4.69) is 30.1 Å². The molecule has 0 amide bonds. The van der Waals surface area contributed by atoms with Crippen LogP contribution in [0.4, 0.5) is 5.69 Å². The third kappa shape index (κ3) is 1.78. The van der Waals surface area contributed by atoms with Crippen molar-refractivity contribution in [1.29, 1.82) is 0 Å². The van der Waals surface area contributed by atoms with E-state index in [9.17, 15) is 4.79 Å². The predicted molar refractivity (Wildman–Crippen MR) is 76.4 cm³/mol. The Kier molecular flexibility index (Phi) is 2.80. The molecule has 0 saturated heterocycles. The average molecular weight is 258 g/mol. The van der Waals surface area contributed by atoms with E-state index in [0.717, 1.165) is 24.2 Å². The third-order valence-corrected chi connectivity index (χ3v) is 3.97. The van der Waals surface area contributed by atoms with E-state index in [1.165, 1.54) is 22.6 Å². The molecule has 1 aromatic heterocycles. The zero-order chi connectivity index (χ0) is 12.5. The van der Waals surface area contributed by atoms with Crippen molar-refractivity contribution in [1.82, 2.24) is 4.57 Å². The number of allylic oxidation sites excluding steroid dienone is 1. The van der Waals surface area contributed by atoms with Gasteiger partial charge in [-0.25, -0.2) is 0 Å². The van der Waals surface area contributed by atoms with Gasteiger partial charge in [0.1, 0.15) is 0 Å². The van der Waals surface area contributed by atoms with Gasteiger partial charge < -0.3 is 5.32 Å². The molecule has 0 spiro atoms. The zero-order valence-electron chi connectivity index (χ0n) is 9.98. The fourth-order valence-electron chi connectivity index (χ4n) is 2.32. The first kappa shape index (κ1) is 11.3. The number of hydrogen-bond donors (Lipinski definition) is 1. The first-order chi connectivity index (χ1) is 8.79. The third-order valence-electron chi connectivity index (χ3n) is 3.21. The highest BCUT2D eigenvalue weighted by Crippen LogP contribution is 2.28. The Balaban J connectivity index is 2.10. The first-order valence-electron chi connectivity index (χ1n) is 5.96. The lowest BCUT2D eigenvalue weighted by atomic mass is 10.1. The Bertz CT molecular complexity index is 654. The maximum atomic E-state index is 11.8. The van der Waals surface area contributed by atoms with Crippen molar-refractivity contribution in [2.45, 2.75) is 13.0 Å². The number of rotatable bonds is 3. The maximum Gasteiger partial charge on any atom is 0.307 e. The number of nitrogens with zero attached hydrogens (tertiary/aromatic N) is 1. The fraction of sp³-hybridized carbons (Fsp3) is 0.214. The second kappa shape index (κ2) is 4.46. The van der Waals surface area contributed by atoms with Crippen molar-refractivity contribution in [3.05, 3.63) is 51.5 Å². The minimum atomic E-state index is 0.0727. The van der Waals surface area contributed by atoms with Crippen molar-refractivity contribution in [2.24, 2.45) is 0 Å². The normalized spacial score (nSPS) is 13.1. The van der Waals surface area contributed by atoms with Crippen LogP contribution in [0.2, 0.25) is 0 Å². The largest absolute Gasteiger partial charge is 0.384 e. The van der Waals surface area contributed by atoms with Gasteiger partial charge >= 0.3 is 4.87 Å². The van der Waals surface area contributed by atoms with Gasteiger partial charge in [0, 0.05) is 24.2 Å². The second-order valence-corrected chi connectivity index (χ2v) is 5.16. The van der Waals surface area contributed by atoms with Gasteiger partial charge in [0.2, 0.25) is 0 Å². The Morgan fingerprint density at radius 3 is 3.22 bits per heavy atom. The van der Waals surface area contributed by atoms with Crippen LogP contribution in [0, 0.1) is 0 Å². The van der Waals surface area contributed by atoms with E-state index in [-0.39, 0.29) is 4.87 Å². The van der Waals surface area contributed by atoms with Crippen LogP contribution in [0.3, 0.4) is 0 Å². The predicted octanol–water partition coefficient (Wildman–Crippen LogP) is 2.73. The van der Waals surface area contributed by atoms with E-state index in [1.807, 2.05) is 5.38 Å². The molecule has 2 aromatic rings. The van der Waals surface area contributed by atoms with Crippen molar-refractivity contribution in [3.8, 4) is 11.3 Å². The summed E-state index contributed by atoms with van der Waals surface area (Å²) in [4.78, 5) is 11.8. The van der Waals surface area contributed by atoms with Crippen LogP contribution < -0.4 is 10.2 Å². The lowest BCUT2D eigenvalue weighted by Crippen LogP contribution is -2.12. The van der Waals surface area contributed by atoms with E-state index < -0.39 is 0 Å². The molecule has 3 rings (SSSR count). The molecule has 0 aliphatic carbocycles. The molecule has 4 heteroatoms. The summed E-state index contributed by atoms with van der Waals surface area (Å²) in [7, 11) is 0. The highest BCUT2D eigenvalue weighted by atomic mass is 32.1. The van der Waals surface area contributed by atoms with Crippen molar-refractivity contribution in [3.63, 3.8) is 0 Å². The summed E-state index contributed by atoms with van der Waals surface area (Å²) in [5, 5.41) is 5.27. The monoisotopic (exact) mass is 258 g/mol. The fourth-order valence-corrected chi connectivity index (χ4v) is 3.10. The van der Waals surface area contributed by atoms with E-state index in [1.54, 1.807) is 10.6 Å². The number of fused-ring (bicyclic) bond motifs is 1. The van der Waals surface area contributed by atoms with Gasteiger partial charge in [-0.05, 0) is 29.7 Å². The van der Waals surface area contributed by atoms with Gasteiger partial charge in [-0.3, -0.25) is 9.36 Å². The second-order valence-electron chi connectivity index (χ2n) is 4.33. The molecule has 0 unspecified atom stereocenters. The highest BCUT2D eigenvalue weighted by molar-refractivity contribution is 7.07. The smallest absolute Gasteiger partial charge is 0.307 e. The topological polar surface area (TPSA) is 34.0 Å². The molecular weight excluding hydrogens is 244 g/mol. The lowest BCUT2D eigenvalue weighted by molar-refractivity contribution is 0.816. The van der Waals surface area contributed by atoms with Crippen LogP contribution in [-0.2, 0) is 13.0 Å². The van der Waals surface area contributed by atoms with Gasteiger partial charge in [-0.2, -0.15) is 0 Å². The average Bonchev–Trinajstić information content (AvgIpc) is 2.97. The highest BCUT2D eigenvalue weighted by Gasteiger charge is 2.13. The van der Waals surface area contributed by atoms with Gasteiger partial charge in [0.25, 0.3) is 0 Å². The molecule has 3 nitrogen and oxygen atoms in total. The Morgan fingerprint density at radius 2 is 2.39 bits per heavy atom. The minimum absolute atomic E-state index is 0.0727. The van der Waals surface area contributed by atoms with Gasteiger partial charge in [0.05, 0.1) is 5.69 Å². The summed E-state index contributed by atoms with van der Waals surface area (Å²) in [6.07, 6.45) is 2.81. The van der Waals surface area contributed by atoms with Crippen LogP contribution in [0.5, 0.6) is 0 Å². The minimum Gasteiger partial charge on any atom is -0.384 e. The molecule has 0 fully saturated rings. The molecule has 0 bridgehead atoms. The van der Waals surface area contributed by atoms with Gasteiger partial charge in [-0.1, -0.05) is 23.5 Å². The first-order valence-corrected chi connectivity index (χ1v) is 6.84. The number of hydrogen-bond acceptors (Lipinski definition) is 3. The Morgan fingerprint density at radius 1 is 1.50 bits per heavy atom. The molecule has 1 N–H and O–H groups in total. The number of benzene rings is 1. The van der Waals surface area contributed by atoms with Crippen LogP contribution in [0.15, 0.2) is 41.0 Å². The maximum absolute atomic E-state index is 11.8. The summed E-state index contributed by atoms with van der Waals surface area (Å²) in [6.45, 7) is 5.27. The molecule has 1 aromatic carbocycles. The molecule has 2 heterocycles. The summed E-state index contributed by atoms with van der Waals surface area (Å²) >= 11 is 1.24. The number of nitrogens with one attached hydrogen (secondary N) is 1. The zero-order valence-corrected chi connectivity index (χ0v) is 10.8. The SMILES string of the molecule is C=CCn1c(-c2ccc3c(c2)CCN3)csc1=O. The Labute approximate surface area is 109 Å². The molecule has 92 valence electrons. The summed E-state index contributed by atoms with van der Waals surface area (Å²) in [6, 6.07) is 6.34. The standard InChI is InChI=1S/C14H14N2OS/c1-2-7-16-13(9-18-14(16)17)11-3-4-12-10(8-11)5-6-15-12/h2-4,8-9,15H,1,5-7H2. The summed E-state index contributed by atoms with van der Waals surface area (Å²) in [5.41, 5.74) is 4.64. The summed E-state index contributed by atoms with van der Waals surface area (Å²) in [5.74, 6) is 0. The van der Waals surface area contributed by atoms with Crippen molar-refractivity contribution >= 4 is 17.0 Å². The number of anilines is 1. The van der Waals surface area contributed by atoms with Crippen LogP contribution in [0.25, 0.3) is 11.3 Å². The van der Waals surface area contributed by atoms with Crippen LogP contribution in [0.1, 0.15) is 5.56 Å². The van der Waals surface area contributed by atoms with E-state index >= 15 is 0 Å². The van der Waals surface area contributed by atoms with E-state index in [0.29, 0.717) is 6.54 Å². The van der Waals surface area contributed by atoms with Crippen molar-refractivity contribution < 1.29 is 0 Å². The molecule has 0 radical (unpaired) electrons. The number of thiazole rings is 1. The molecule has 0 atom stereocenters. The molecule has 1 aliphatic heterocycles. The molecule has 1 aliphatic rings. The quantitative estimate of drug-likeness (QED) is 0.859. The number of aromatic nitrogens is 1. The molecular formula is C14H14N2OS. The van der Waals surface area contributed by atoms with Crippen molar-refractivity contribution in [2.75, 3.05) is 11.9 Å².